The number of rotatable bonds is 3. The van der Waals surface area contributed by atoms with E-state index in [2.05, 4.69) is 36.3 Å². The molecule has 4 heteroatoms. The summed E-state index contributed by atoms with van der Waals surface area (Å²) in [6, 6.07) is 11.8. The average Bonchev–Trinajstić information content (AvgIpc) is 2.33. The van der Waals surface area contributed by atoms with Crippen LogP contribution < -0.4 is 11.1 Å². The summed E-state index contributed by atoms with van der Waals surface area (Å²) in [4.78, 5) is 4.66. The Morgan fingerprint density at radius 2 is 2.00 bits per heavy atom. The Balaban J connectivity index is 2.28. The molecule has 0 amide bonds. The Hall–Kier alpha value is -1.94. The number of thiocarbonyl (C=S) groups is 1. The maximum absolute atomic E-state index is 5.57. The third-order valence-corrected chi connectivity index (χ3v) is 2.86. The highest BCUT2D eigenvalue weighted by Gasteiger charge is 2.02. The number of nitrogens with two attached hydrogens (primary N) is 1. The van der Waals surface area contributed by atoms with Crippen LogP contribution in [0.2, 0.25) is 0 Å². The molecular weight excluding hydrogens is 242 g/mol. The fourth-order valence-corrected chi connectivity index (χ4v) is 1.85. The molecule has 1 aromatic carbocycles. The molecule has 18 heavy (non-hydrogen) atoms. The maximum Gasteiger partial charge on any atom is 0.131 e. The minimum Gasteiger partial charge on any atom is -0.388 e. The first kappa shape index (κ1) is 12.5. The summed E-state index contributed by atoms with van der Waals surface area (Å²) in [7, 11) is 0. The van der Waals surface area contributed by atoms with Crippen molar-refractivity contribution in [2.75, 3.05) is 5.32 Å². The highest BCUT2D eigenvalue weighted by atomic mass is 32.1. The van der Waals surface area contributed by atoms with Crippen LogP contribution >= 0.6 is 12.2 Å². The molecule has 1 heterocycles. The third kappa shape index (κ3) is 2.84. The summed E-state index contributed by atoms with van der Waals surface area (Å²) < 4.78 is 0. The van der Waals surface area contributed by atoms with Gasteiger partial charge in [0.2, 0.25) is 0 Å². The second-order valence-electron chi connectivity index (χ2n) is 4.22. The van der Waals surface area contributed by atoms with Gasteiger partial charge < -0.3 is 11.1 Å². The SMILES string of the molecule is Cc1ccc(Nc2cccc(C(N)=S)n2)c(C)c1. The molecule has 0 bridgehead atoms. The van der Waals surface area contributed by atoms with Crippen LogP contribution in [0.3, 0.4) is 0 Å². The summed E-state index contributed by atoms with van der Waals surface area (Å²) in [6.07, 6.45) is 0. The van der Waals surface area contributed by atoms with Gasteiger partial charge in [0.15, 0.2) is 0 Å². The second kappa shape index (κ2) is 5.14. The van der Waals surface area contributed by atoms with Gasteiger partial charge in [0.05, 0.1) is 5.69 Å². The number of aromatic nitrogens is 1. The van der Waals surface area contributed by atoms with Gasteiger partial charge in [-0.1, -0.05) is 36.0 Å². The summed E-state index contributed by atoms with van der Waals surface area (Å²) in [5, 5.41) is 3.27. The molecule has 0 radical (unpaired) electrons. The van der Waals surface area contributed by atoms with E-state index >= 15 is 0 Å². The van der Waals surface area contributed by atoms with E-state index in [-0.39, 0.29) is 0 Å². The van der Waals surface area contributed by atoms with Crippen LogP contribution in [0.5, 0.6) is 0 Å². The molecule has 3 nitrogen and oxygen atoms in total. The zero-order valence-electron chi connectivity index (χ0n) is 10.4. The van der Waals surface area contributed by atoms with Gasteiger partial charge in [0, 0.05) is 5.69 Å². The lowest BCUT2D eigenvalue weighted by Gasteiger charge is -2.10. The Kier molecular flexibility index (Phi) is 3.58. The van der Waals surface area contributed by atoms with Gasteiger partial charge in [0.25, 0.3) is 0 Å². The Morgan fingerprint density at radius 1 is 1.22 bits per heavy atom. The van der Waals surface area contributed by atoms with E-state index in [9.17, 15) is 0 Å². The zero-order chi connectivity index (χ0) is 13.1. The molecule has 0 fully saturated rings. The average molecular weight is 257 g/mol. The molecule has 0 unspecified atom stereocenters. The lowest BCUT2D eigenvalue weighted by Crippen LogP contribution is -2.12. The lowest BCUT2D eigenvalue weighted by molar-refractivity contribution is 1.26. The van der Waals surface area contributed by atoms with Gasteiger partial charge in [-0.15, -0.1) is 0 Å². The summed E-state index contributed by atoms with van der Waals surface area (Å²) >= 11 is 4.92. The van der Waals surface area contributed by atoms with Gasteiger partial charge in [0.1, 0.15) is 10.8 Å². The van der Waals surface area contributed by atoms with Gasteiger partial charge in [-0.05, 0) is 37.6 Å². The van der Waals surface area contributed by atoms with Crippen molar-refractivity contribution < 1.29 is 0 Å². The molecule has 0 saturated carbocycles. The zero-order valence-corrected chi connectivity index (χ0v) is 11.2. The van der Waals surface area contributed by atoms with Gasteiger partial charge >= 0.3 is 0 Å². The monoisotopic (exact) mass is 257 g/mol. The van der Waals surface area contributed by atoms with Crippen molar-refractivity contribution >= 4 is 28.7 Å². The first-order valence-corrected chi connectivity index (χ1v) is 6.08. The van der Waals surface area contributed by atoms with E-state index in [0.29, 0.717) is 10.7 Å². The van der Waals surface area contributed by atoms with E-state index in [1.165, 1.54) is 11.1 Å². The van der Waals surface area contributed by atoms with Crippen molar-refractivity contribution in [3.05, 3.63) is 53.2 Å². The molecule has 0 saturated heterocycles. The Bertz CT molecular complexity index is 593. The lowest BCUT2D eigenvalue weighted by atomic mass is 10.1. The second-order valence-corrected chi connectivity index (χ2v) is 4.66. The van der Waals surface area contributed by atoms with Crippen molar-refractivity contribution in [2.24, 2.45) is 5.73 Å². The molecule has 0 atom stereocenters. The van der Waals surface area contributed by atoms with Gasteiger partial charge in [-0.25, -0.2) is 4.98 Å². The van der Waals surface area contributed by atoms with E-state index in [1.54, 1.807) is 6.07 Å². The van der Waals surface area contributed by atoms with Gasteiger partial charge in [-0.2, -0.15) is 0 Å². The van der Waals surface area contributed by atoms with Crippen LogP contribution in [0.15, 0.2) is 36.4 Å². The molecule has 0 spiro atoms. The number of hydrogen-bond donors (Lipinski definition) is 2. The largest absolute Gasteiger partial charge is 0.388 e. The Morgan fingerprint density at radius 3 is 2.67 bits per heavy atom. The summed E-state index contributed by atoms with van der Waals surface area (Å²) in [5.41, 5.74) is 9.64. The quantitative estimate of drug-likeness (QED) is 0.830. The molecule has 92 valence electrons. The highest BCUT2D eigenvalue weighted by Crippen LogP contribution is 2.20. The van der Waals surface area contributed by atoms with Crippen LogP contribution in [0.4, 0.5) is 11.5 Å². The molecule has 1 aromatic heterocycles. The standard InChI is InChI=1S/C14H15N3S/c1-9-6-7-11(10(2)8-9)16-13-5-3-4-12(17-13)14(15)18/h3-8H,1-2H3,(H2,15,18)(H,16,17). The molecule has 3 N–H and O–H groups in total. The van der Waals surface area contributed by atoms with E-state index in [0.717, 1.165) is 11.5 Å². The summed E-state index contributed by atoms with van der Waals surface area (Å²) in [5.74, 6) is 0.743. The molecule has 0 aliphatic carbocycles. The van der Waals surface area contributed by atoms with Crippen molar-refractivity contribution in [1.29, 1.82) is 0 Å². The van der Waals surface area contributed by atoms with E-state index in [1.807, 2.05) is 18.2 Å². The van der Waals surface area contributed by atoms with Crippen LogP contribution in [0, 0.1) is 13.8 Å². The van der Waals surface area contributed by atoms with Crippen molar-refractivity contribution in [3.8, 4) is 0 Å². The van der Waals surface area contributed by atoms with Gasteiger partial charge in [-0.3, -0.25) is 0 Å². The van der Waals surface area contributed by atoms with Crippen molar-refractivity contribution in [1.82, 2.24) is 4.98 Å². The number of nitrogens with one attached hydrogen (secondary N) is 1. The predicted molar refractivity (Wildman–Crippen MR) is 79.3 cm³/mol. The van der Waals surface area contributed by atoms with Crippen LogP contribution in [0.25, 0.3) is 0 Å². The molecule has 0 aliphatic rings. The van der Waals surface area contributed by atoms with Crippen molar-refractivity contribution in [3.63, 3.8) is 0 Å². The topological polar surface area (TPSA) is 50.9 Å². The molecular formula is C14H15N3S. The fourth-order valence-electron chi connectivity index (χ4n) is 1.73. The fraction of sp³-hybridized carbons (Fsp3) is 0.143. The highest BCUT2D eigenvalue weighted by molar-refractivity contribution is 7.80. The number of nitrogens with zero attached hydrogens (tertiary/aromatic N) is 1. The predicted octanol–water partition coefficient (Wildman–Crippen LogP) is 3.08. The number of pyridine rings is 1. The minimum atomic E-state index is 0.305. The van der Waals surface area contributed by atoms with Crippen LogP contribution in [0.1, 0.15) is 16.8 Å². The third-order valence-electron chi connectivity index (χ3n) is 2.65. The number of benzene rings is 1. The first-order chi connectivity index (χ1) is 8.56. The smallest absolute Gasteiger partial charge is 0.131 e. The van der Waals surface area contributed by atoms with E-state index in [4.69, 9.17) is 18.0 Å². The Labute approximate surface area is 112 Å². The van der Waals surface area contributed by atoms with Crippen LogP contribution in [-0.2, 0) is 0 Å². The van der Waals surface area contributed by atoms with E-state index < -0.39 is 0 Å². The number of hydrogen-bond acceptors (Lipinski definition) is 3. The van der Waals surface area contributed by atoms with Crippen molar-refractivity contribution in [2.45, 2.75) is 13.8 Å². The minimum absolute atomic E-state index is 0.305. The normalized spacial score (nSPS) is 10.1. The molecule has 0 aliphatic heterocycles. The molecule has 2 aromatic rings. The number of anilines is 2. The summed E-state index contributed by atoms with van der Waals surface area (Å²) in [6.45, 7) is 4.13. The first-order valence-electron chi connectivity index (χ1n) is 5.67. The molecule has 2 rings (SSSR count). The van der Waals surface area contributed by atoms with Crippen LogP contribution in [-0.4, -0.2) is 9.97 Å². The number of aryl methyl sites for hydroxylation is 2. The maximum atomic E-state index is 5.57.